The van der Waals surface area contributed by atoms with E-state index in [1.165, 1.54) is 5.19 Å². The smallest absolute Gasteiger partial charge is 0.268 e. The zero-order valence-electron chi connectivity index (χ0n) is 34.5. The monoisotopic (exact) mass is 813 g/mol. The lowest BCUT2D eigenvalue weighted by molar-refractivity contribution is -0.149. The number of anilines is 4. The molecule has 2 spiro atoms. The van der Waals surface area contributed by atoms with E-state index < -0.39 is 25.3 Å². The molecule has 4 fully saturated rings. The van der Waals surface area contributed by atoms with Gasteiger partial charge in [-0.25, -0.2) is 0 Å². The third-order valence-electron chi connectivity index (χ3n) is 14.3. The van der Waals surface area contributed by atoms with Crippen LogP contribution in [0.3, 0.4) is 0 Å². The van der Waals surface area contributed by atoms with Gasteiger partial charge in [0.2, 0.25) is 5.91 Å². The molecule has 3 amide bonds. The number of carbonyl (C=O) groups is 3. The van der Waals surface area contributed by atoms with E-state index in [0.29, 0.717) is 31.7 Å². The van der Waals surface area contributed by atoms with Crippen LogP contribution in [-0.4, -0.2) is 93.5 Å². The standard InChI is InChI=1S/C47H55N5O6Si/c1-32-43(59(3,4)38-20-18-37(57-2)19-21-38)41(29-42(54)49-27-11-16-36(49)30-53)58-47(32)39-28-35(17-22-40(39)52(45(47)56)34-14-9-6-10-15-34)50-31-51(33-12-7-5-8-13-33)46(44(50)55)23-25-48-26-24-46/h5-10,12-15,17-22,28,32,36,41,43,48,53H,11,16,23-27,29-31H2,1-4H3/t32-,36-,41+,43-,47+/m0/s1. The third kappa shape index (κ3) is 6.21. The summed E-state index contributed by atoms with van der Waals surface area (Å²) in [5, 5.41) is 14.8. The Kier molecular flexibility index (Phi) is 10.2. The van der Waals surface area contributed by atoms with Gasteiger partial charge in [-0.2, -0.15) is 0 Å². The summed E-state index contributed by atoms with van der Waals surface area (Å²) in [7, 11) is -0.900. The molecule has 59 heavy (non-hydrogen) atoms. The van der Waals surface area contributed by atoms with Crippen LogP contribution in [0.1, 0.15) is 44.6 Å². The summed E-state index contributed by atoms with van der Waals surface area (Å²) < 4.78 is 12.9. The van der Waals surface area contributed by atoms with Gasteiger partial charge in [0, 0.05) is 35.1 Å². The Hall–Kier alpha value is -5.01. The van der Waals surface area contributed by atoms with Crippen LogP contribution >= 0.6 is 0 Å². The minimum absolute atomic E-state index is 0.0555. The average Bonchev–Trinajstić information content (AvgIpc) is 4.00. The minimum Gasteiger partial charge on any atom is -0.497 e. The van der Waals surface area contributed by atoms with Crippen molar-refractivity contribution in [3.8, 4) is 5.75 Å². The van der Waals surface area contributed by atoms with E-state index in [9.17, 15) is 14.7 Å². The number of ether oxygens (including phenoxy) is 2. The maximum atomic E-state index is 15.6. The quantitative estimate of drug-likeness (QED) is 0.201. The fourth-order valence-electron chi connectivity index (χ4n) is 11.2. The van der Waals surface area contributed by atoms with Crippen LogP contribution < -0.4 is 29.9 Å². The van der Waals surface area contributed by atoms with Crippen LogP contribution in [0.4, 0.5) is 22.7 Å². The molecule has 5 atom stereocenters. The minimum atomic E-state index is -2.56. The molecule has 5 aliphatic rings. The molecule has 0 aromatic heterocycles. The molecule has 5 heterocycles. The number of fused-ring (bicyclic) bond motifs is 2. The summed E-state index contributed by atoms with van der Waals surface area (Å²) in [6.07, 6.45) is 2.48. The molecule has 0 unspecified atom stereocenters. The van der Waals surface area contributed by atoms with E-state index in [4.69, 9.17) is 9.47 Å². The highest BCUT2D eigenvalue weighted by atomic mass is 28.3. The predicted molar refractivity (Wildman–Crippen MR) is 232 cm³/mol. The van der Waals surface area contributed by atoms with Gasteiger partial charge in [-0.15, -0.1) is 0 Å². The van der Waals surface area contributed by atoms with Crippen LogP contribution in [0.25, 0.3) is 0 Å². The number of benzene rings is 4. The highest BCUT2D eigenvalue weighted by Gasteiger charge is 2.67. The summed E-state index contributed by atoms with van der Waals surface area (Å²) in [6.45, 7) is 9.13. The predicted octanol–water partition coefficient (Wildman–Crippen LogP) is 5.90. The number of nitrogens with one attached hydrogen (secondary N) is 1. The summed E-state index contributed by atoms with van der Waals surface area (Å²) in [4.78, 5) is 52.6. The molecule has 5 aliphatic heterocycles. The van der Waals surface area contributed by atoms with Gasteiger partial charge in [0.1, 0.15) is 11.3 Å². The number of likely N-dealkylation sites (tertiary alicyclic amines) is 1. The van der Waals surface area contributed by atoms with Gasteiger partial charge in [0.25, 0.3) is 11.8 Å². The zero-order chi connectivity index (χ0) is 41.1. The molecule has 0 saturated carbocycles. The number of rotatable bonds is 9. The number of aliphatic hydroxyl groups is 1. The Bertz CT molecular complexity index is 2220. The largest absolute Gasteiger partial charge is 0.497 e. The number of piperidine rings is 1. The molecule has 4 saturated heterocycles. The first-order chi connectivity index (χ1) is 28.5. The lowest BCUT2D eigenvalue weighted by atomic mass is 9.82. The van der Waals surface area contributed by atoms with Crippen molar-refractivity contribution < 1.29 is 29.0 Å². The second-order valence-corrected chi connectivity index (χ2v) is 22.2. The van der Waals surface area contributed by atoms with Crippen molar-refractivity contribution >= 4 is 53.7 Å². The highest BCUT2D eigenvalue weighted by molar-refractivity contribution is 6.91. The molecular formula is C47H55N5O6Si. The van der Waals surface area contributed by atoms with Crippen molar-refractivity contribution in [2.45, 2.75) is 80.9 Å². The van der Waals surface area contributed by atoms with Gasteiger partial charge in [-0.05, 0) is 98.9 Å². The van der Waals surface area contributed by atoms with Gasteiger partial charge >= 0.3 is 0 Å². The second-order valence-electron chi connectivity index (χ2n) is 17.5. The first-order valence-corrected chi connectivity index (χ1v) is 24.2. The first-order valence-electron chi connectivity index (χ1n) is 21.2. The molecule has 308 valence electrons. The molecule has 0 radical (unpaired) electrons. The molecule has 9 rings (SSSR count). The maximum Gasteiger partial charge on any atom is 0.268 e. The summed E-state index contributed by atoms with van der Waals surface area (Å²) >= 11 is 0. The van der Waals surface area contributed by atoms with E-state index in [1.54, 1.807) is 12.0 Å². The van der Waals surface area contributed by atoms with Crippen molar-refractivity contribution in [1.29, 1.82) is 0 Å². The molecule has 4 aromatic carbocycles. The van der Waals surface area contributed by atoms with E-state index in [2.05, 4.69) is 54.5 Å². The van der Waals surface area contributed by atoms with Crippen LogP contribution in [-0.2, 0) is 24.7 Å². The van der Waals surface area contributed by atoms with Crippen molar-refractivity contribution in [1.82, 2.24) is 10.2 Å². The molecule has 0 bridgehead atoms. The van der Waals surface area contributed by atoms with Crippen molar-refractivity contribution in [2.75, 3.05) is 54.7 Å². The number of hydrogen-bond acceptors (Lipinski definition) is 8. The fraction of sp³-hybridized carbons (Fsp3) is 0.426. The number of aliphatic hydroxyl groups excluding tert-OH is 1. The fourth-order valence-corrected chi connectivity index (χ4v) is 15.2. The molecule has 12 heteroatoms. The number of amides is 3. The Labute approximate surface area is 347 Å². The van der Waals surface area contributed by atoms with Crippen LogP contribution in [0, 0.1) is 5.92 Å². The number of hydrogen-bond donors (Lipinski definition) is 2. The normalized spacial score (nSPS) is 26.4. The Balaban J connectivity index is 1.18. The van der Waals surface area contributed by atoms with E-state index in [0.717, 1.165) is 54.3 Å². The molecule has 4 aromatic rings. The van der Waals surface area contributed by atoms with E-state index in [1.807, 2.05) is 88.7 Å². The Morgan fingerprint density at radius 1 is 0.898 bits per heavy atom. The lowest BCUT2D eigenvalue weighted by Crippen LogP contribution is -2.55. The van der Waals surface area contributed by atoms with Gasteiger partial charge in [0.05, 0.1) is 52.7 Å². The van der Waals surface area contributed by atoms with Crippen molar-refractivity contribution in [3.63, 3.8) is 0 Å². The second kappa shape index (κ2) is 15.2. The Morgan fingerprint density at radius 2 is 1.58 bits per heavy atom. The van der Waals surface area contributed by atoms with E-state index >= 15 is 4.79 Å². The molecule has 11 nitrogen and oxygen atoms in total. The van der Waals surface area contributed by atoms with Gasteiger partial charge in [0.15, 0.2) is 5.60 Å². The van der Waals surface area contributed by atoms with Gasteiger partial charge in [-0.1, -0.05) is 73.7 Å². The lowest BCUT2D eigenvalue weighted by Gasteiger charge is -2.39. The van der Waals surface area contributed by atoms with Gasteiger partial charge < -0.3 is 29.7 Å². The summed E-state index contributed by atoms with van der Waals surface area (Å²) in [6, 6.07) is 33.8. The third-order valence-corrected chi connectivity index (χ3v) is 18.6. The first kappa shape index (κ1) is 39.4. The van der Waals surface area contributed by atoms with E-state index in [-0.39, 0.29) is 48.3 Å². The highest BCUT2D eigenvalue weighted by Crippen LogP contribution is 2.61. The number of para-hydroxylation sites is 2. The Morgan fingerprint density at radius 3 is 2.24 bits per heavy atom. The zero-order valence-corrected chi connectivity index (χ0v) is 35.5. The molecule has 2 N–H and O–H groups in total. The van der Waals surface area contributed by atoms with Crippen LogP contribution in [0.5, 0.6) is 5.75 Å². The number of nitrogens with zero attached hydrogens (tertiary/aromatic N) is 4. The maximum absolute atomic E-state index is 15.6. The average molecular weight is 814 g/mol. The number of methoxy groups -OCH3 is 1. The summed E-state index contributed by atoms with van der Waals surface area (Å²) in [5.41, 5.74) is 1.58. The van der Waals surface area contributed by atoms with Crippen molar-refractivity contribution in [3.05, 3.63) is 109 Å². The van der Waals surface area contributed by atoms with Gasteiger partial charge in [-0.3, -0.25) is 24.2 Å². The number of carbonyl (C=O) groups excluding carboxylic acids is 3. The van der Waals surface area contributed by atoms with Crippen LogP contribution in [0.2, 0.25) is 18.6 Å². The summed E-state index contributed by atoms with van der Waals surface area (Å²) in [5.74, 6) is 0.222. The SMILES string of the molecule is COc1ccc([Si](C)(C)[C@@H]2[C@@H](CC(=O)N3CCC[C@H]3CO)O[C@]3(C(=O)N(c4ccccc4)c4ccc(N5CN(c6ccccc6)C6(CCNCC6)C5=O)cc43)[C@H]2C)cc1. The van der Waals surface area contributed by atoms with Crippen LogP contribution in [0.15, 0.2) is 103 Å². The topological polar surface area (TPSA) is 115 Å². The molecular weight excluding hydrogens is 759 g/mol. The molecule has 0 aliphatic carbocycles. The van der Waals surface area contributed by atoms with Crippen molar-refractivity contribution in [2.24, 2.45) is 5.92 Å².